The van der Waals surface area contributed by atoms with Crippen LogP contribution in [-0.2, 0) is 38.1 Å². The minimum absolute atomic E-state index is 0.329. The largest absolute Gasteiger partial charge is 0.508 e. The highest BCUT2D eigenvalue weighted by Gasteiger charge is 2.51. The van der Waals surface area contributed by atoms with Crippen molar-refractivity contribution in [3.8, 4) is 0 Å². The molecule has 10 heteroatoms. The lowest BCUT2D eigenvalue weighted by Crippen LogP contribution is -2.42. The van der Waals surface area contributed by atoms with Crippen molar-refractivity contribution in [3.05, 3.63) is 0 Å². The van der Waals surface area contributed by atoms with E-state index < -0.39 is 48.7 Å². The molecule has 1 saturated heterocycles. The van der Waals surface area contributed by atoms with Gasteiger partial charge in [-0.2, -0.15) is 0 Å². The fourth-order valence-electron chi connectivity index (χ4n) is 1.87. The van der Waals surface area contributed by atoms with E-state index in [0.717, 1.165) is 20.8 Å². The van der Waals surface area contributed by atoms with Gasteiger partial charge in [0.1, 0.15) is 12.7 Å². The van der Waals surface area contributed by atoms with Crippen LogP contribution in [0, 0.1) is 0 Å². The highest BCUT2D eigenvalue weighted by Crippen LogP contribution is 2.28. The summed E-state index contributed by atoms with van der Waals surface area (Å²) in [5, 5.41) is 8.66. The van der Waals surface area contributed by atoms with E-state index in [2.05, 4.69) is 4.74 Å². The van der Waals surface area contributed by atoms with Crippen molar-refractivity contribution in [2.75, 3.05) is 6.61 Å². The number of carbonyl (C=O) groups is 4. The van der Waals surface area contributed by atoms with E-state index in [1.807, 2.05) is 0 Å². The lowest BCUT2D eigenvalue weighted by molar-refractivity contribution is -0.178. The molecule has 124 valence electrons. The molecule has 22 heavy (non-hydrogen) atoms. The predicted molar refractivity (Wildman–Crippen MR) is 65.5 cm³/mol. The molecule has 0 bridgehead atoms. The second-order valence-electron chi connectivity index (χ2n) is 4.38. The Balaban J connectivity index is 2.94. The van der Waals surface area contributed by atoms with Crippen molar-refractivity contribution in [2.45, 2.75) is 45.4 Å². The summed E-state index contributed by atoms with van der Waals surface area (Å²) < 4.78 is 24.3. The molecule has 4 atom stereocenters. The highest BCUT2D eigenvalue weighted by molar-refractivity contribution is 5.68. The van der Waals surface area contributed by atoms with Gasteiger partial charge >= 0.3 is 24.1 Å². The predicted octanol–water partition coefficient (Wildman–Crippen LogP) is -0.168. The second-order valence-corrected chi connectivity index (χ2v) is 4.38. The summed E-state index contributed by atoms with van der Waals surface area (Å²) in [5.41, 5.74) is 0. The first-order chi connectivity index (χ1) is 10.2. The Labute approximate surface area is 125 Å². The fraction of sp³-hybridized carbons (Fsp3) is 0.667. The van der Waals surface area contributed by atoms with Crippen LogP contribution in [0.1, 0.15) is 20.8 Å². The third-order valence-corrected chi connectivity index (χ3v) is 2.54. The number of hydrogen-bond acceptors (Lipinski definition) is 9. The first kappa shape index (κ1) is 17.7. The quantitative estimate of drug-likeness (QED) is 0.537. The third-order valence-electron chi connectivity index (χ3n) is 2.54. The molecule has 0 aromatic carbocycles. The van der Waals surface area contributed by atoms with Crippen LogP contribution >= 0.6 is 0 Å². The van der Waals surface area contributed by atoms with Crippen LogP contribution < -0.4 is 0 Å². The molecule has 0 saturated carbocycles. The van der Waals surface area contributed by atoms with Gasteiger partial charge in [0.15, 0.2) is 6.10 Å². The Morgan fingerprint density at radius 3 is 1.91 bits per heavy atom. The summed E-state index contributed by atoms with van der Waals surface area (Å²) in [7, 11) is 0. The summed E-state index contributed by atoms with van der Waals surface area (Å²) >= 11 is 0. The van der Waals surface area contributed by atoms with E-state index in [4.69, 9.17) is 24.1 Å². The van der Waals surface area contributed by atoms with Crippen molar-refractivity contribution >= 4 is 24.1 Å². The summed E-state index contributed by atoms with van der Waals surface area (Å²) in [6.45, 7) is 3.02. The molecule has 1 N–H and O–H groups in total. The van der Waals surface area contributed by atoms with Crippen LogP contribution in [0.4, 0.5) is 4.79 Å². The zero-order valence-electron chi connectivity index (χ0n) is 12.1. The van der Waals surface area contributed by atoms with E-state index in [0.29, 0.717) is 0 Å². The Kier molecular flexibility index (Phi) is 6.11. The molecule has 0 radical (unpaired) electrons. The van der Waals surface area contributed by atoms with E-state index >= 15 is 0 Å². The number of carbonyl (C=O) groups excluding carboxylic acids is 3. The van der Waals surface area contributed by atoms with Crippen LogP contribution in [0.5, 0.6) is 0 Å². The molecule has 0 aliphatic carbocycles. The normalized spacial score (nSPS) is 26.9. The van der Waals surface area contributed by atoms with Gasteiger partial charge < -0.3 is 28.8 Å². The molecule has 1 aliphatic heterocycles. The van der Waals surface area contributed by atoms with Crippen LogP contribution in [0.2, 0.25) is 0 Å². The summed E-state index contributed by atoms with van der Waals surface area (Å²) in [4.78, 5) is 43.8. The number of esters is 3. The topological polar surface area (TPSA) is 135 Å². The maximum Gasteiger partial charge on any atom is 0.508 e. The van der Waals surface area contributed by atoms with Crippen molar-refractivity contribution < 1.29 is 48.0 Å². The van der Waals surface area contributed by atoms with Gasteiger partial charge in [-0.3, -0.25) is 14.4 Å². The molecular weight excluding hydrogens is 304 g/mol. The van der Waals surface area contributed by atoms with Gasteiger partial charge in [-0.05, 0) is 0 Å². The van der Waals surface area contributed by atoms with Gasteiger partial charge in [0.05, 0.1) is 0 Å². The van der Waals surface area contributed by atoms with E-state index in [-0.39, 0.29) is 6.61 Å². The fourth-order valence-corrected chi connectivity index (χ4v) is 1.87. The molecular formula is C12H16O10. The van der Waals surface area contributed by atoms with Gasteiger partial charge in [-0.25, -0.2) is 4.79 Å². The SMILES string of the molecule is CC(=O)OC[C@@H]1O[C@H](OC(=O)O)[C@H](OC(C)=O)[C@@H]1OC(C)=O. The smallest absolute Gasteiger partial charge is 0.463 e. The molecule has 1 aliphatic rings. The molecule has 0 aromatic rings. The first-order valence-electron chi connectivity index (χ1n) is 6.23. The molecule has 0 spiro atoms. The third kappa shape index (κ3) is 5.20. The van der Waals surface area contributed by atoms with Gasteiger partial charge in [0.25, 0.3) is 0 Å². The average molecular weight is 320 g/mol. The van der Waals surface area contributed by atoms with Gasteiger partial charge in [-0.1, -0.05) is 0 Å². The first-order valence-corrected chi connectivity index (χ1v) is 6.23. The molecule has 10 nitrogen and oxygen atoms in total. The van der Waals surface area contributed by atoms with Crippen molar-refractivity contribution in [1.82, 2.24) is 0 Å². The van der Waals surface area contributed by atoms with Crippen molar-refractivity contribution in [2.24, 2.45) is 0 Å². The number of carboxylic acid groups (broad SMARTS) is 1. The Bertz CT molecular complexity index is 459. The van der Waals surface area contributed by atoms with Crippen LogP contribution in [0.25, 0.3) is 0 Å². The molecule has 0 unspecified atom stereocenters. The summed E-state index contributed by atoms with van der Waals surface area (Å²) in [6.07, 6.45) is -6.70. The van der Waals surface area contributed by atoms with Gasteiger partial charge in [0.2, 0.25) is 12.4 Å². The molecule has 1 fully saturated rings. The zero-order valence-corrected chi connectivity index (χ0v) is 12.1. The average Bonchev–Trinajstić information content (AvgIpc) is 2.63. The Hall–Kier alpha value is -2.36. The number of ether oxygens (including phenoxy) is 5. The van der Waals surface area contributed by atoms with Crippen LogP contribution in [0.3, 0.4) is 0 Å². The van der Waals surface area contributed by atoms with Crippen LogP contribution in [0.15, 0.2) is 0 Å². The minimum Gasteiger partial charge on any atom is -0.463 e. The monoisotopic (exact) mass is 320 g/mol. The lowest BCUT2D eigenvalue weighted by Gasteiger charge is -2.22. The van der Waals surface area contributed by atoms with Gasteiger partial charge in [0, 0.05) is 20.8 Å². The summed E-state index contributed by atoms with van der Waals surface area (Å²) in [6, 6.07) is 0. The number of rotatable bonds is 5. The van der Waals surface area contributed by atoms with E-state index in [1.165, 1.54) is 0 Å². The van der Waals surface area contributed by atoms with E-state index in [1.54, 1.807) is 0 Å². The zero-order chi connectivity index (χ0) is 16.9. The second kappa shape index (κ2) is 7.59. The van der Waals surface area contributed by atoms with Gasteiger partial charge in [-0.15, -0.1) is 0 Å². The highest BCUT2D eigenvalue weighted by atomic mass is 16.8. The minimum atomic E-state index is -1.67. The maximum atomic E-state index is 11.2. The lowest BCUT2D eigenvalue weighted by atomic mass is 10.1. The Morgan fingerprint density at radius 2 is 1.45 bits per heavy atom. The van der Waals surface area contributed by atoms with Crippen molar-refractivity contribution in [1.29, 1.82) is 0 Å². The molecule has 0 amide bonds. The molecule has 1 heterocycles. The Morgan fingerprint density at radius 1 is 0.909 bits per heavy atom. The van der Waals surface area contributed by atoms with Crippen LogP contribution in [-0.4, -0.2) is 60.4 Å². The maximum absolute atomic E-state index is 11.2. The number of hydrogen-bond donors (Lipinski definition) is 1. The van der Waals surface area contributed by atoms with Crippen molar-refractivity contribution in [3.63, 3.8) is 0 Å². The molecule has 0 aromatic heterocycles. The summed E-state index contributed by atoms with van der Waals surface area (Å²) in [5.74, 6) is -2.08. The van der Waals surface area contributed by atoms with E-state index in [9.17, 15) is 19.2 Å². The molecule has 1 rings (SSSR count). The standard InChI is InChI=1S/C12H16O10/c1-5(13)18-4-8-9(19-6(2)14)10(20-7(3)15)11(21-8)22-12(16)17/h8-11H,4H2,1-3H3,(H,16,17)/t8-,9+,10+,11+/m0/s1.